The van der Waals surface area contributed by atoms with E-state index in [4.69, 9.17) is 10.1 Å². The summed E-state index contributed by atoms with van der Waals surface area (Å²) in [6.45, 7) is 7.06. The van der Waals surface area contributed by atoms with Gasteiger partial charge in [0.15, 0.2) is 0 Å². The van der Waals surface area contributed by atoms with E-state index >= 15 is 0 Å². The number of nitrogens with two attached hydrogens (primary N) is 1. The lowest BCUT2D eigenvalue weighted by molar-refractivity contribution is -0.579. The molecule has 0 unspecified atom stereocenters. The SMILES string of the molecule is C=CC(=O)N1CCC[C@@H]1C[NH2+]c1ncncc1C(=N)c1ccc(Oc2cccc(C)c2)cc1. The Bertz CT molecular complexity index is 1160. The molecule has 0 bridgehead atoms. The Kier molecular flexibility index (Phi) is 6.90. The molecule has 7 heteroatoms. The number of amides is 1. The maximum Gasteiger partial charge on any atom is 0.246 e. The van der Waals surface area contributed by atoms with Gasteiger partial charge >= 0.3 is 0 Å². The van der Waals surface area contributed by atoms with E-state index in [2.05, 4.69) is 16.5 Å². The van der Waals surface area contributed by atoms with E-state index in [1.54, 1.807) is 6.20 Å². The molecule has 1 aromatic heterocycles. The standard InChI is InChI=1S/C26H27N5O2/c1-3-24(32)31-13-5-7-20(31)15-29-26-23(16-28-17-30-26)25(27)19-9-11-21(12-10-19)33-22-8-4-6-18(2)14-22/h3-4,6,8-12,14,16-17,20,27H,1,5,7,13,15H2,2H3,(H,28,29,30)/p+1/t20-/m1/s1. The summed E-state index contributed by atoms with van der Waals surface area (Å²) in [5.41, 5.74) is 2.88. The molecule has 0 aliphatic carbocycles. The van der Waals surface area contributed by atoms with Crippen LogP contribution < -0.4 is 10.1 Å². The van der Waals surface area contributed by atoms with Crippen molar-refractivity contribution in [3.63, 3.8) is 0 Å². The fourth-order valence-electron chi connectivity index (χ4n) is 4.09. The van der Waals surface area contributed by atoms with Crippen molar-refractivity contribution in [2.24, 2.45) is 0 Å². The van der Waals surface area contributed by atoms with Crippen molar-refractivity contribution >= 4 is 17.4 Å². The molecule has 33 heavy (non-hydrogen) atoms. The van der Waals surface area contributed by atoms with E-state index < -0.39 is 0 Å². The normalized spacial score (nSPS) is 15.3. The Labute approximate surface area is 193 Å². The number of nitrogens with one attached hydrogen (secondary N) is 1. The first-order valence-electron chi connectivity index (χ1n) is 11.1. The summed E-state index contributed by atoms with van der Waals surface area (Å²) in [5, 5.41) is 10.7. The van der Waals surface area contributed by atoms with Gasteiger partial charge < -0.3 is 9.64 Å². The van der Waals surface area contributed by atoms with Crippen LogP contribution in [0.15, 0.2) is 73.7 Å². The molecule has 7 nitrogen and oxygen atoms in total. The Hall–Kier alpha value is -3.84. The molecule has 0 radical (unpaired) electrons. The zero-order valence-corrected chi connectivity index (χ0v) is 18.7. The summed E-state index contributed by atoms with van der Waals surface area (Å²) in [6.07, 6.45) is 6.47. The van der Waals surface area contributed by atoms with Gasteiger partial charge in [-0.25, -0.2) is 4.98 Å². The van der Waals surface area contributed by atoms with Crippen molar-refractivity contribution in [3.05, 3.63) is 90.4 Å². The van der Waals surface area contributed by atoms with Crippen LogP contribution >= 0.6 is 0 Å². The summed E-state index contributed by atoms with van der Waals surface area (Å²) < 4.78 is 5.92. The molecule has 1 fully saturated rings. The Morgan fingerprint density at radius 1 is 1.27 bits per heavy atom. The quantitative estimate of drug-likeness (QED) is 0.413. The van der Waals surface area contributed by atoms with Crippen molar-refractivity contribution in [1.82, 2.24) is 14.9 Å². The first kappa shape index (κ1) is 22.4. The van der Waals surface area contributed by atoms with Gasteiger partial charge in [-0.15, -0.1) is 0 Å². The van der Waals surface area contributed by atoms with Crippen molar-refractivity contribution in [2.75, 3.05) is 13.1 Å². The minimum atomic E-state index is -0.0328. The Morgan fingerprint density at radius 2 is 2.09 bits per heavy atom. The fraction of sp³-hybridized carbons (Fsp3) is 0.231. The van der Waals surface area contributed by atoms with E-state index in [9.17, 15) is 4.79 Å². The third-order valence-electron chi connectivity index (χ3n) is 5.80. The zero-order chi connectivity index (χ0) is 23.2. The van der Waals surface area contributed by atoms with Crippen LogP contribution in [0.4, 0.5) is 5.82 Å². The van der Waals surface area contributed by atoms with Gasteiger partial charge in [-0.2, -0.15) is 4.98 Å². The van der Waals surface area contributed by atoms with Crippen LogP contribution in [0.3, 0.4) is 0 Å². The van der Waals surface area contributed by atoms with E-state index in [1.807, 2.05) is 65.7 Å². The second kappa shape index (κ2) is 10.2. The highest BCUT2D eigenvalue weighted by atomic mass is 16.5. The van der Waals surface area contributed by atoms with Crippen molar-refractivity contribution < 1.29 is 14.8 Å². The smallest absolute Gasteiger partial charge is 0.246 e. The van der Waals surface area contributed by atoms with Crippen LogP contribution in [-0.4, -0.2) is 45.6 Å². The van der Waals surface area contributed by atoms with E-state index in [1.165, 1.54) is 12.4 Å². The number of ether oxygens (including phenoxy) is 1. The van der Waals surface area contributed by atoms with E-state index in [0.717, 1.165) is 36.3 Å². The lowest BCUT2D eigenvalue weighted by atomic mass is 10.0. The lowest BCUT2D eigenvalue weighted by Crippen LogP contribution is -2.82. The molecule has 168 valence electrons. The third-order valence-corrected chi connectivity index (χ3v) is 5.80. The molecule has 1 amide bonds. The largest absolute Gasteiger partial charge is 0.457 e. The molecule has 3 N–H and O–H groups in total. The van der Waals surface area contributed by atoms with Gasteiger partial charge in [0.25, 0.3) is 0 Å². The molecule has 4 rings (SSSR count). The molecule has 1 aliphatic rings. The molecule has 0 saturated carbocycles. The number of likely N-dealkylation sites (tertiary alicyclic amines) is 1. The van der Waals surface area contributed by atoms with Crippen LogP contribution in [0, 0.1) is 12.3 Å². The number of quaternary nitrogens is 1. The predicted molar refractivity (Wildman–Crippen MR) is 127 cm³/mol. The predicted octanol–water partition coefficient (Wildman–Crippen LogP) is 3.37. The van der Waals surface area contributed by atoms with Gasteiger partial charge in [-0.1, -0.05) is 18.7 Å². The van der Waals surface area contributed by atoms with Gasteiger partial charge in [0.2, 0.25) is 11.7 Å². The molecular weight excluding hydrogens is 414 g/mol. The fourth-order valence-corrected chi connectivity index (χ4v) is 4.09. The molecule has 1 saturated heterocycles. The lowest BCUT2D eigenvalue weighted by Gasteiger charge is -2.22. The third kappa shape index (κ3) is 5.32. The summed E-state index contributed by atoms with van der Waals surface area (Å²) in [7, 11) is 0. The monoisotopic (exact) mass is 442 g/mol. The maximum atomic E-state index is 12.1. The number of hydrogen-bond donors (Lipinski definition) is 2. The Balaban J connectivity index is 1.45. The molecule has 1 aliphatic heterocycles. The van der Waals surface area contributed by atoms with Crippen LogP contribution in [0.2, 0.25) is 0 Å². The molecule has 1 atom stereocenters. The average molecular weight is 443 g/mol. The van der Waals surface area contributed by atoms with Crippen molar-refractivity contribution in [2.45, 2.75) is 25.8 Å². The van der Waals surface area contributed by atoms with Crippen molar-refractivity contribution in [1.29, 1.82) is 5.41 Å². The molecule has 2 heterocycles. The van der Waals surface area contributed by atoms with Crippen molar-refractivity contribution in [3.8, 4) is 11.5 Å². The highest BCUT2D eigenvalue weighted by molar-refractivity contribution is 6.12. The number of aromatic nitrogens is 2. The minimum Gasteiger partial charge on any atom is -0.457 e. The van der Waals surface area contributed by atoms with Gasteiger partial charge in [0.05, 0.1) is 17.3 Å². The second-order valence-corrected chi connectivity index (χ2v) is 8.11. The minimum absolute atomic E-state index is 0.0328. The first-order chi connectivity index (χ1) is 16.0. The van der Waals surface area contributed by atoms with Crippen LogP contribution in [-0.2, 0) is 4.79 Å². The second-order valence-electron chi connectivity index (χ2n) is 8.11. The first-order valence-corrected chi connectivity index (χ1v) is 11.1. The van der Waals surface area contributed by atoms with E-state index in [-0.39, 0.29) is 11.9 Å². The van der Waals surface area contributed by atoms with Crippen LogP contribution in [0.1, 0.15) is 29.5 Å². The molecule has 0 spiro atoms. The number of nitrogens with zero attached hydrogens (tertiary/aromatic N) is 3. The van der Waals surface area contributed by atoms with Gasteiger partial charge in [-0.05, 0) is 67.8 Å². The summed E-state index contributed by atoms with van der Waals surface area (Å²) in [5.74, 6) is 2.16. The van der Waals surface area contributed by atoms with E-state index in [0.29, 0.717) is 29.4 Å². The molecule has 2 aromatic carbocycles. The zero-order valence-electron chi connectivity index (χ0n) is 18.7. The molecule has 3 aromatic rings. The number of carbonyl (C=O) groups excluding carboxylic acids is 1. The number of rotatable bonds is 8. The van der Waals surface area contributed by atoms with Gasteiger partial charge in [0.1, 0.15) is 24.4 Å². The summed E-state index contributed by atoms with van der Waals surface area (Å²) in [4.78, 5) is 22.5. The number of hydrogen-bond acceptors (Lipinski definition) is 5. The van der Waals surface area contributed by atoms with Gasteiger partial charge in [-0.3, -0.25) is 15.5 Å². The number of carbonyl (C=O) groups is 1. The maximum absolute atomic E-state index is 12.1. The highest BCUT2D eigenvalue weighted by Crippen LogP contribution is 2.23. The molecular formula is C26H28N5O2+. The van der Waals surface area contributed by atoms with Crippen LogP contribution in [0.5, 0.6) is 11.5 Å². The number of aryl methyl sites for hydroxylation is 1. The average Bonchev–Trinajstić information content (AvgIpc) is 3.31. The van der Waals surface area contributed by atoms with Crippen LogP contribution in [0.25, 0.3) is 0 Å². The highest BCUT2D eigenvalue weighted by Gasteiger charge is 2.29. The van der Waals surface area contributed by atoms with Gasteiger partial charge in [0, 0.05) is 18.3 Å². The Morgan fingerprint density at radius 3 is 2.85 bits per heavy atom. The summed E-state index contributed by atoms with van der Waals surface area (Å²) in [6, 6.07) is 15.5. The topological polar surface area (TPSA) is 95.8 Å². The summed E-state index contributed by atoms with van der Waals surface area (Å²) >= 11 is 0. The number of benzene rings is 2.